The molecule has 3 rings (SSSR count). The molecule has 2 atom stereocenters. The number of pyridine rings is 1. The van der Waals surface area contributed by atoms with Gasteiger partial charge in [0.15, 0.2) is 11.6 Å². The van der Waals surface area contributed by atoms with Gasteiger partial charge in [-0.25, -0.2) is 13.8 Å². The third-order valence-electron chi connectivity index (χ3n) is 5.17. The van der Waals surface area contributed by atoms with E-state index in [1.165, 1.54) is 12.3 Å². The van der Waals surface area contributed by atoms with Crippen LogP contribution in [0, 0.1) is 11.3 Å². The summed E-state index contributed by atoms with van der Waals surface area (Å²) < 4.78 is 24.2. The molecule has 0 fully saturated rings. The predicted octanol–water partition coefficient (Wildman–Crippen LogP) is 3.59. The van der Waals surface area contributed by atoms with Crippen molar-refractivity contribution < 1.29 is 9.13 Å². The zero-order valence-electron chi connectivity index (χ0n) is 16.9. The third-order valence-corrected chi connectivity index (χ3v) is 5.41. The average molecular weight is 429 g/mol. The number of nitrogen functional groups attached to an aromatic ring is 1. The van der Waals surface area contributed by atoms with Crippen LogP contribution >= 0.6 is 12.8 Å². The number of aliphatic imine (C=N–C) groups is 1. The van der Waals surface area contributed by atoms with Gasteiger partial charge in [0.2, 0.25) is 0 Å². The fourth-order valence-electron chi connectivity index (χ4n) is 3.62. The van der Waals surface area contributed by atoms with Crippen LogP contribution in [0.4, 0.5) is 10.2 Å². The van der Waals surface area contributed by atoms with Gasteiger partial charge in [-0.05, 0) is 56.2 Å². The molecule has 0 amide bonds. The van der Waals surface area contributed by atoms with Crippen molar-refractivity contribution in [3.05, 3.63) is 53.2 Å². The Kier molecular flexibility index (Phi) is 6.71. The minimum absolute atomic E-state index is 0.115. The second-order valence-corrected chi connectivity index (χ2v) is 7.29. The summed E-state index contributed by atoms with van der Waals surface area (Å²) >= 11 is 4.08. The molecule has 0 spiro atoms. The molecule has 5 N–H and O–H groups in total. The Labute approximate surface area is 180 Å². The van der Waals surface area contributed by atoms with E-state index in [1.54, 1.807) is 18.3 Å². The Morgan fingerprint density at radius 3 is 2.87 bits per heavy atom. The van der Waals surface area contributed by atoms with E-state index in [9.17, 15) is 4.39 Å². The summed E-state index contributed by atoms with van der Waals surface area (Å²) in [4.78, 5) is 8.83. The Morgan fingerprint density at radius 1 is 1.43 bits per heavy atom. The largest absolute Gasteiger partial charge is 0.486 e. The summed E-state index contributed by atoms with van der Waals surface area (Å²) in [5.41, 5.74) is 15.1. The van der Waals surface area contributed by atoms with Crippen molar-refractivity contribution in [2.75, 3.05) is 12.3 Å². The highest BCUT2D eigenvalue weighted by Crippen LogP contribution is 2.34. The van der Waals surface area contributed by atoms with E-state index in [4.69, 9.17) is 21.6 Å². The monoisotopic (exact) mass is 428 g/mol. The number of allylic oxidation sites excluding steroid dienone is 4. The van der Waals surface area contributed by atoms with Gasteiger partial charge in [0, 0.05) is 37.1 Å². The Morgan fingerprint density at radius 2 is 2.20 bits per heavy atom. The lowest BCUT2D eigenvalue weighted by Gasteiger charge is -2.30. The van der Waals surface area contributed by atoms with E-state index in [0.717, 1.165) is 0 Å². The fraction of sp³-hybridized carbons (Fsp3) is 0.333. The Bertz CT molecular complexity index is 1010. The first-order valence-electron chi connectivity index (χ1n) is 9.64. The van der Waals surface area contributed by atoms with Crippen molar-refractivity contribution >= 4 is 35.8 Å². The number of nitrogens with zero attached hydrogens (tertiary/aromatic N) is 3. The maximum Gasteiger partial charge on any atom is 0.166 e. The molecule has 2 bridgehead atoms. The van der Waals surface area contributed by atoms with Gasteiger partial charge < -0.3 is 16.2 Å². The highest BCUT2D eigenvalue weighted by Gasteiger charge is 2.32. The molecular weight excluding hydrogens is 403 g/mol. The number of aromatic nitrogens is 1. The van der Waals surface area contributed by atoms with Crippen LogP contribution in [-0.2, 0) is 0 Å². The normalized spacial score (nSPS) is 26.4. The van der Waals surface area contributed by atoms with Crippen molar-refractivity contribution in [1.29, 1.82) is 5.41 Å². The quantitative estimate of drug-likeness (QED) is 0.510. The smallest absolute Gasteiger partial charge is 0.166 e. The number of anilines is 1. The lowest BCUT2D eigenvalue weighted by molar-refractivity contribution is 0.167. The van der Waals surface area contributed by atoms with Gasteiger partial charge in [-0.3, -0.25) is 10.4 Å². The molecule has 2 heterocycles. The van der Waals surface area contributed by atoms with Gasteiger partial charge in [0.1, 0.15) is 11.9 Å². The van der Waals surface area contributed by atoms with Crippen LogP contribution < -0.4 is 16.2 Å². The van der Waals surface area contributed by atoms with Crippen LogP contribution in [0.2, 0.25) is 0 Å². The van der Waals surface area contributed by atoms with E-state index in [-0.39, 0.29) is 30.2 Å². The highest BCUT2D eigenvalue weighted by molar-refractivity contribution is 7.79. The van der Waals surface area contributed by atoms with E-state index >= 15 is 0 Å². The van der Waals surface area contributed by atoms with E-state index < -0.39 is 12.0 Å². The molecule has 7 nitrogen and oxygen atoms in total. The zero-order chi connectivity index (χ0) is 21.8. The van der Waals surface area contributed by atoms with E-state index in [2.05, 4.69) is 27.2 Å². The molecule has 9 heteroatoms. The van der Waals surface area contributed by atoms with E-state index in [1.807, 2.05) is 13.8 Å². The van der Waals surface area contributed by atoms with Crippen LogP contribution in [-0.4, -0.2) is 34.8 Å². The standard InChI is InChI=1S/C21H25FN6OS/c1-3-26-20-12(9-23)6-17(28-30)19(24)15-5-4-14(22)8-16(15)11(2)29-18-7-13(20)10-27-21(18)25/h4-5,7,9-11,16,24,30H,3,6,8,23H2,1-2H3,(H2,25,27)/t11-,16?/m1/s1. The van der Waals surface area contributed by atoms with Crippen molar-refractivity contribution in [3.63, 3.8) is 0 Å². The average Bonchev–Trinajstić information content (AvgIpc) is 2.74. The number of nitrogens with two attached hydrogens (primary N) is 2. The van der Waals surface area contributed by atoms with E-state index in [0.29, 0.717) is 40.4 Å². The van der Waals surface area contributed by atoms with Gasteiger partial charge in [-0.15, -0.1) is 0 Å². The molecular formula is C21H25FN6OS. The molecule has 30 heavy (non-hydrogen) atoms. The summed E-state index contributed by atoms with van der Waals surface area (Å²) in [6, 6.07) is 1.76. The van der Waals surface area contributed by atoms with Gasteiger partial charge in [-0.1, -0.05) is 6.08 Å². The van der Waals surface area contributed by atoms with Crippen molar-refractivity contribution in [1.82, 2.24) is 4.98 Å². The topological polar surface area (TPSA) is 123 Å². The molecule has 158 valence electrons. The number of hydrogen-bond acceptors (Lipinski definition) is 8. The maximum atomic E-state index is 14.1. The second kappa shape index (κ2) is 9.25. The fourth-order valence-corrected chi connectivity index (χ4v) is 3.79. The number of fused-ring (bicyclic) bond motifs is 3. The first kappa shape index (κ1) is 21.8. The van der Waals surface area contributed by atoms with Crippen LogP contribution in [0.25, 0.3) is 0 Å². The Hall–Kier alpha value is -2.94. The Balaban J connectivity index is 2.21. The number of nitrogens with one attached hydrogen (secondary N) is 1. The number of rotatable bonds is 1. The molecule has 0 radical (unpaired) electrons. The summed E-state index contributed by atoms with van der Waals surface area (Å²) in [5, 5.41) is 8.75. The van der Waals surface area contributed by atoms with Gasteiger partial charge in [0.05, 0.1) is 17.1 Å². The summed E-state index contributed by atoms with van der Waals surface area (Å²) in [7, 11) is 0. The highest BCUT2D eigenvalue weighted by atomic mass is 32.1. The first-order chi connectivity index (χ1) is 14.4. The molecule has 0 aromatic carbocycles. The van der Waals surface area contributed by atoms with Crippen LogP contribution in [0.1, 0.15) is 32.3 Å². The minimum Gasteiger partial charge on any atom is -0.486 e. The molecule has 0 saturated carbocycles. The predicted molar refractivity (Wildman–Crippen MR) is 122 cm³/mol. The summed E-state index contributed by atoms with van der Waals surface area (Å²) in [5.74, 6) is -0.0705. The first-order valence-corrected chi connectivity index (χ1v) is 10.0. The van der Waals surface area contributed by atoms with Gasteiger partial charge in [-0.2, -0.15) is 0 Å². The molecule has 1 aromatic rings. The van der Waals surface area contributed by atoms with Crippen LogP contribution in [0.15, 0.2) is 57.0 Å². The number of halogens is 1. The minimum atomic E-state index is -0.466. The lowest BCUT2D eigenvalue weighted by Crippen LogP contribution is -2.33. The molecule has 1 unspecified atom stereocenters. The SMILES string of the molecule is CCN=C1C(=CN)CC(=NS)C(=N)C2=CC=C(F)CC2[C@@H](C)Oc2cc1cnc2N. The van der Waals surface area contributed by atoms with Crippen LogP contribution in [0.5, 0.6) is 5.75 Å². The molecule has 1 aromatic heterocycles. The van der Waals surface area contributed by atoms with Gasteiger partial charge in [0.25, 0.3) is 0 Å². The molecule has 0 saturated heterocycles. The number of hydrogen-bond donors (Lipinski definition) is 4. The number of ether oxygens (including phenoxy) is 1. The summed E-state index contributed by atoms with van der Waals surface area (Å²) in [6.07, 6.45) is 5.91. The lowest BCUT2D eigenvalue weighted by atomic mass is 9.81. The van der Waals surface area contributed by atoms with Crippen molar-refractivity contribution in [2.24, 2.45) is 21.0 Å². The molecule has 1 aliphatic carbocycles. The maximum absolute atomic E-state index is 14.1. The molecule has 1 aliphatic heterocycles. The van der Waals surface area contributed by atoms with Crippen molar-refractivity contribution in [3.8, 4) is 5.75 Å². The van der Waals surface area contributed by atoms with Crippen LogP contribution in [0.3, 0.4) is 0 Å². The second-order valence-electron chi connectivity index (χ2n) is 7.09. The van der Waals surface area contributed by atoms with Crippen molar-refractivity contribution in [2.45, 2.75) is 32.8 Å². The van der Waals surface area contributed by atoms with Gasteiger partial charge >= 0.3 is 0 Å². The number of thiol groups is 1. The zero-order valence-corrected chi connectivity index (χ0v) is 17.8. The summed E-state index contributed by atoms with van der Waals surface area (Å²) in [6.45, 7) is 4.26. The molecule has 2 aliphatic rings. The third kappa shape index (κ3) is 4.30.